The first-order valence-electron chi connectivity index (χ1n) is 7.87. The second-order valence-electron chi connectivity index (χ2n) is 5.67. The molecule has 2 aromatic carbocycles. The van der Waals surface area contributed by atoms with Crippen molar-refractivity contribution >= 4 is 17.9 Å². The number of carbonyl (C=O) groups is 1. The molecule has 0 atom stereocenters. The molecule has 0 aliphatic heterocycles. The van der Waals surface area contributed by atoms with Crippen molar-refractivity contribution in [2.24, 2.45) is 0 Å². The Hall–Kier alpha value is -2.41. The van der Waals surface area contributed by atoms with Crippen LogP contribution in [0.2, 0.25) is 0 Å². The molecule has 22 heavy (non-hydrogen) atoms. The molecule has 1 aliphatic carbocycles. The Morgan fingerprint density at radius 2 is 2.05 bits per heavy atom. The average Bonchev–Trinajstić information content (AvgIpc) is 3.01. The van der Waals surface area contributed by atoms with Gasteiger partial charge in [-0.15, -0.1) is 0 Å². The topological polar surface area (TPSA) is 17.1 Å². The summed E-state index contributed by atoms with van der Waals surface area (Å²) < 4.78 is 0. The van der Waals surface area contributed by atoms with E-state index >= 15 is 0 Å². The first-order valence-corrected chi connectivity index (χ1v) is 7.87. The monoisotopic (exact) mass is 288 g/mol. The van der Waals surface area contributed by atoms with Crippen LogP contribution in [0.3, 0.4) is 0 Å². The number of rotatable bonds is 5. The van der Waals surface area contributed by atoms with Crippen LogP contribution < -0.4 is 0 Å². The lowest BCUT2D eigenvalue weighted by molar-refractivity contribution is 0.104. The van der Waals surface area contributed by atoms with E-state index in [9.17, 15) is 4.79 Å². The van der Waals surface area contributed by atoms with E-state index in [2.05, 4.69) is 37.3 Å². The molecule has 0 aromatic heterocycles. The summed E-state index contributed by atoms with van der Waals surface area (Å²) in [6.07, 6.45) is 10.9. The molecule has 0 amide bonds. The maximum Gasteiger partial charge on any atom is 0.186 e. The second-order valence-corrected chi connectivity index (χ2v) is 5.67. The molecule has 1 aliphatic rings. The van der Waals surface area contributed by atoms with E-state index < -0.39 is 0 Å². The quantitative estimate of drug-likeness (QED) is 0.552. The molecular formula is C21H20O. The largest absolute Gasteiger partial charge is 0.289 e. The zero-order valence-corrected chi connectivity index (χ0v) is 12.9. The maximum atomic E-state index is 12.4. The fourth-order valence-corrected chi connectivity index (χ4v) is 2.88. The number of hydrogen-bond donors (Lipinski definition) is 0. The van der Waals surface area contributed by atoms with E-state index in [1.807, 2.05) is 30.3 Å². The average molecular weight is 288 g/mol. The standard InChI is InChI=1S/C21H20O/c1-2-6-18-7-3-4-10-20(18)21(22)14-12-16-11-13-17-8-5-9-19(17)15-16/h3-5,7,9-15H,2,6,8H2,1H3/b14-12+. The van der Waals surface area contributed by atoms with Crippen molar-refractivity contribution in [3.8, 4) is 0 Å². The Kier molecular flexibility index (Phi) is 4.34. The SMILES string of the molecule is CCCc1ccccc1C(=O)/C=C/c1ccc2c(c1)C=CC2. The van der Waals surface area contributed by atoms with E-state index in [0.29, 0.717) is 0 Å². The lowest BCUT2D eigenvalue weighted by Crippen LogP contribution is -2.00. The number of aryl methyl sites for hydroxylation is 1. The molecule has 1 heteroatoms. The zero-order chi connectivity index (χ0) is 15.4. The summed E-state index contributed by atoms with van der Waals surface area (Å²) in [5.41, 5.74) is 5.66. The normalized spacial score (nSPS) is 12.8. The molecule has 2 aromatic rings. The van der Waals surface area contributed by atoms with Gasteiger partial charge in [-0.3, -0.25) is 4.79 Å². The molecule has 3 rings (SSSR count). The molecule has 0 heterocycles. The number of carbonyl (C=O) groups excluding carboxylic acids is 1. The van der Waals surface area contributed by atoms with Crippen molar-refractivity contribution in [2.75, 3.05) is 0 Å². The Morgan fingerprint density at radius 1 is 1.18 bits per heavy atom. The second kappa shape index (κ2) is 6.57. The lowest BCUT2D eigenvalue weighted by atomic mass is 9.99. The number of benzene rings is 2. The van der Waals surface area contributed by atoms with Gasteiger partial charge in [0.1, 0.15) is 0 Å². The van der Waals surface area contributed by atoms with Gasteiger partial charge in [-0.2, -0.15) is 0 Å². The molecule has 110 valence electrons. The summed E-state index contributed by atoms with van der Waals surface area (Å²) in [6, 6.07) is 14.3. The molecule has 0 N–H and O–H groups in total. The third-order valence-corrected chi connectivity index (χ3v) is 4.03. The number of hydrogen-bond acceptors (Lipinski definition) is 1. The van der Waals surface area contributed by atoms with Crippen LogP contribution in [0.5, 0.6) is 0 Å². The van der Waals surface area contributed by atoms with E-state index in [4.69, 9.17) is 0 Å². The maximum absolute atomic E-state index is 12.4. The number of allylic oxidation sites excluding steroid dienone is 2. The van der Waals surface area contributed by atoms with Crippen molar-refractivity contribution in [2.45, 2.75) is 26.2 Å². The third-order valence-electron chi connectivity index (χ3n) is 4.03. The van der Waals surface area contributed by atoms with Crippen LogP contribution in [0.15, 0.2) is 54.6 Å². The van der Waals surface area contributed by atoms with Gasteiger partial charge in [-0.25, -0.2) is 0 Å². The fraction of sp³-hybridized carbons (Fsp3) is 0.190. The summed E-state index contributed by atoms with van der Waals surface area (Å²) in [4.78, 5) is 12.4. The Balaban J connectivity index is 1.81. The highest BCUT2D eigenvalue weighted by atomic mass is 16.1. The molecule has 0 radical (unpaired) electrons. The van der Waals surface area contributed by atoms with Gasteiger partial charge in [0.25, 0.3) is 0 Å². The summed E-state index contributed by atoms with van der Waals surface area (Å²) in [5.74, 6) is 0.0834. The van der Waals surface area contributed by atoms with E-state index in [1.54, 1.807) is 6.08 Å². The minimum absolute atomic E-state index is 0.0834. The Bertz CT molecular complexity index is 750. The van der Waals surface area contributed by atoms with Gasteiger partial charge >= 0.3 is 0 Å². The summed E-state index contributed by atoms with van der Waals surface area (Å²) in [7, 11) is 0. The smallest absolute Gasteiger partial charge is 0.186 e. The van der Waals surface area contributed by atoms with Crippen molar-refractivity contribution in [1.82, 2.24) is 0 Å². The van der Waals surface area contributed by atoms with Crippen molar-refractivity contribution in [1.29, 1.82) is 0 Å². The van der Waals surface area contributed by atoms with E-state index in [0.717, 1.165) is 36.0 Å². The van der Waals surface area contributed by atoms with Crippen LogP contribution >= 0.6 is 0 Å². The van der Waals surface area contributed by atoms with Gasteiger partial charge in [0.05, 0.1) is 0 Å². The van der Waals surface area contributed by atoms with Gasteiger partial charge in [0, 0.05) is 5.56 Å². The van der Waals surface area contributed by atoms with E-state index in [1.165, 1.54) is 11.1 Å². The molecule has 0 saturated carbocycles. The van der Waals surface area contributed by atoms with Crippen molar-refractivity contribution in [3.63, 3.8) is 0 Å². The number of ketones is 1. The zero-order valence-electron chi connectivity index (χ0n) is 12.9. The summed E-state index contributed by atoms with van der Waals surface area (Å²) in [5, 5.41) is 0. The molecule has 0 saturated heterocycles. The predicted molar refractivity (Wildman–Crippen MR) is 93.0 cm³/mol. The van der Waals surface area contributed by atoms with Gasteiger partial charge < -0.3 is 0 Å². The van der Waals surface area contributed by atoms with Crippen LogP contribution in [0.1, 0.15) is 46.0 Å². The molecule has 0 fully saturated rings. The molecular weight excluding hydrogens is 268 g/mol. The molecule has 0 spiro atoms. The fourth-order valence-electron chi connectivity index (χ4n) is 2.88. The summed E-state index contributed by atoms with van der Waals surface area (Å²) >= 11 is 0. The Morgan fingerprint density at radius 3 is 2.91 bits per heavy atom. The van der Waals surface area contributed by atoms with Crippen LogP contribution in [-0.4, -0.2) is 5.78 Å². The highest BCUT2D eigenvalue weighted by Crippen LogP contribution is 2.21. The number of fused-ring (bicyclic) bond motifs is 1. The minimum Gasteiger partial charge on any atom is -0.289 e. The molecule has 0 bridgehead atoms. The van der Waals surface area contributed by atoms with Crippen LogP contribution in [0, 0.1) is 0 Å². The summed E-state index contributed by atoms with van der Waals surface area (Å²) in [6.45, 7) is 2.13. The van der Waals surface area contributed by atoms with Gasteiger partial charge in [0.15, 0.2) is 5.78 Å². The lowest BCUT2D eigenvalue weighted by Gasteiger charge is -2.05. The first-order chi connectivity index (χ1) is 10.8. The highest BCUT2D eigenvalue weighted by molar-refractivity contribution is 6.07. The van der Waals surface area contributed by atoms with Crippen molar-refractivity contribution < 1.29 is 4.79 Å². The first kappa shape index (κ1) is 14.5. The van der Waals surface area contributed by atoms with E-state index in [-0.39, 0.29) is 5.78 Å². The van der Waals surface area contributed by atoms with Crippen molar-refractivity contribution in [3.05, 3.63) is 82.4 Å². The van der Waals surface area contributed by atoms with Crippen LogP contribution in [0.4, 0.5) is 0 Å². The van der Waals surface area contributed by atoms with Crippen LogP contribution in [0.25, 0.3) is 12.2 Å². The molecule has 1 nitrogen and oxygen atoms in total. The third kappa shape index (κ3) is 3.09. The van der Waals surface area contributed by atoms with Crippen LogP contribution in [-0.2, 0) is 12.8 Å². The van der Waals surface area contributed by atoms with Gasteiger partial charge in [0.2, 0.25) is 0 Å². The molecule has 0 unspecified atom stereocenters. The van der Waals surface area contributed by atoms with Gasteiger partial charge in [-0.1, -0.05) is 68.0 Å². The predicted octanol–water partition coefficient (Wildman–Crippen LogP) is 5.10. The van der Waals surface area contributed by atoms with Gasteiger partial charge in [-0.05, 0) is 47.2 Å². The highest BCUT2D eigenvalue weighted by Gasteiger charge is 2.08. The Labute approximate surface area is 132 Å². The minimum atomic E-state index is 0.0834.